The van der Waals surface area contributed by atoms with Crippen molar-refractivity contribution in [3.8, 4) is 5.75 Å². The van der Waals surface area contributed by atoms with Crippen molar-refractivity contribution in [2.45, 2.75) is 6.43 Å². The third-order valence-corrected chi connectivity index (χ3v) is 2.40. The Morgan fingerprint density at radius 3 is 2.73 bits per heavy atom. The number of ether oxygens (including phenoxy) is 1. The number of alkyl halides is 2. The molecule has 0 spiro atoms. The van der Waals surface area contributed by atoms with Crippen molar-refractivity contribution < 1.29 is 23.4 Å². The molecule has 1 N–H and O–H groups in total. The maximum Gasteiger partial charge on any atom is 0.356 e. The zero-order valence-corrected chi connectivity index (χ0v) is 9.66. The zero-order valence-electron chi connectivity index (χ0n) is 7.50. The van der Waals surface area contributed by atoms with E-state index in [-0.39, 0.29) is 9.26 Å². The van der Waals surface area contributed by atoms with Crippen LogP contribution in [-0.4, -0.2) is 23.2 Å². The van der Waals surface area contributed by atoms with Crippen molar-refractivity contribution in [1.82, 2.24) is 4.98 Å². The molecule has 15 heavy (non-hydrogen) atoms. The van der Waals surface area contributed by atoms with Gasteiger partial charge in [-0.2, -0.15) is 0 Å². The number of hydrogen-bond donors (Lipinski definition) is 1. The molecule has 0 aromatic carbocycles. The van der Waals surface area contributed by atoms with Crippen LogP contribution in [0.2, 0.25) is 0 Å². The number of carbonyl (C=O) groups is 1. The minimum absolute atomic E-state index is 0.123. The van der Waals surface area contributed by atoms with Crippen LogP contribution >= 0.6 is 22.6 Å². The highest BCUT2D eigenvalue weighted by molar-refractivity contribution is 14.1. The average molecular weight is 329 g/mol. The summed E-state index contributed by atoms with van der Waals surface area (Å²) in [4.78, 5) is 14.4. The van der Waals surface area contributed by atoms with E-state index in [1.807, 2.05) is 0 Å². The third-order valence-electron chi connectivity index (χ3n) is 1.57. The smallest absolute Gasteiger partial charge is 0.356 e. The van der Waals surface area contributed by atoms with Crippen molar-refractivity contribution in [2.75, 3.05) is 7.11 Å². The molecule has 0 amide bonds. The lowest BCUT2D eigenvalue weighted by molar-refractivity contribution is 0.0592. The molecule has 0 radical (unpaired) electrons. The van der Waals surface area contributed by atoms with Crippen LogP contribution in [0.4, 0.5) is 8.78 Å². The molecule has 0 aliphatic heterocycles. The van der Waals surface area contributed by atoms with Gasteiger partial charge in [0.05, 0.1) is 10.7 Å². The van der Waals surface area contributed by atoms with E-state index in [0.717, 1.165) is 7.11 Å². The van der Waals surface area contributed by atoms with Crippen LogP contribution in [0.5, 0.6) is 5.75 Å². The number of carbonyl (C=O) groups excluding carboxylic acids is 1. The molecule has 82 valence electrons. The summed E-state index contributed by atoms with van der Waals surface area (Å²) in [6.45, 7) is 0. The summed E-state index contributed by atoms with van der Waals surface area (Å²) >= 11 is 1.63. The Hall–Kier alpha value is -0.990. The second-order valence-electron chi connectivity index (χ2n) is 2.52. The van der Waals surface area contributed by atoms with Gasteiger partial charge in [0.2, 0.25) is 0 Å². The molecular weight excluding hydrogens is 323 g/mol. The second kappa shape index (κ2) is 4.69. The summed E-state index contributed by atoms with van der Waals surface area (Å²) in [5, 5.41) is 9.24. The molecule has 0 unspecified atom stereocenters. The first-order valence-electron chi connectivity index (χ1n) is 3.73. The summed E-state index contributed by atoms with van der Waals surface area (Å²) in [7, 11) is 1.12. The minimum atomic E-state index is -2.94. The lowest BCUT2D eigenvalue weighted by Gasteiger charge is -2.06. The number of esters is 1. The molecule has 0 bridgehead atoms. The molecule has 1 aromatic heterocycles. The minimum Gasteiger partial charge on any atom is -0.505 e. The van der Waals surface area contributed by atoms with Gasteiger partial charge >= 0.3 is 5.97 Å². The third kappa shape index (κ3) is 2.52. The fourth-order valence-electron chi connectivity index (χ4n) is 0.887. The molecular formula is C8H6F2INO3. The maximum atomic E-state index is 12.4. The number of aromatic hydroxyl groups is 1. The quantitative estimate of drug-likeness (QED) is 0.667. The maximum absolute atomic E-state index is 12.4. The van der Waals surface area contributed by atoms with E-state index in [1.54, 1.807) is 22.6 Å². The molecule has 0 saturated carbocycles. The molecule has 1 rings (SSSR count). The van der Waals surface area contributed by atoms with Gasteiger partial charge in [-0.3, -0.25) is 0 Å². The topological polar surface area (TPSA) is 59.4 Å². The average Bonchev–Trinajstić information content (AvgIpc) is 2.20. The van der Waals surface area contributed by atoms with Crippen LogP contribution in [0.25, 0.3) is 0 Å². The number of halogens is 3. The first-order valence-corrected chi connectivity index (χ1v) is 4.81. The number of hydrogen-bond acceptors (Lipinski definition) is 4. The number of aromatic nitrogens is 1. The Balaban J connectivity index is 3.29. The first kappa shape index (κ1) is 12.1. The summed E-state index contributed by atoms with van der Waals surface area (Å²) in [5.41, 5.74) is -1.07. The monoisotopic (exact) mass is 329 g/mol. The lowest BCUT2D eigenvalue weighted by Crippen LogP contribution is -2.07. The van der Waals surface area contributed by atoms with Gasteiger partial charge in [0.1, 0.15) is 11.4 Å². The molecule has 0 fully saturated rings. The summed E-state index contributed by atoms with van der Waals surface area (Å²) in [5.74, 6) is -1.44. The Bertz CT molecular complexity index is 398. The lowest BCUT2D eigenvalue weighted by atomic mass is 10.3. The normalized spacial score (nSPS) is 10.5. The van der Waals surface area contributed by atoms with Gasteiger partial charge in [-0.1, -0.05) is 0 Å². The first-order chi connectivity index (χ1) is 6.97. The van der Waals surface area contributed by atoms with Crippen LogP contribution in [0.3, 0.4) is 0 Å². The van der Waals surface area contributed by atoms with E-state index in [4.69, 9.17) is 0 Å². The molecule has 1 heterocycles. The van der Waals surface area contributed by atoms with Gasteiger partial charge in [-0.05, 0) is 28.7 Å². The van der Waals surface area contributed by atoms with Crippen molar-refractivity contribution >= 4 is 28.6 Å². The zero-order chi connectivity index (χ0) is 11.6. The van der Waals surface area contributed by atoms with Crippen LogP contribution in [-0.2, 0) is 4.74 Å². The molecule has 0 saturated heterocycles. The van der Waals surface area contributed by atoms with Gasteiger partial charge in [0.15, 0.2) is 5.75 Å². The van der Waals surface area contributed by atoms with E-state index in [9.17, 15) is 18.7 Å². The van der Waals surface area contributed by atoms with Gasteiger partial charge in [0, 0.05) is 0 Å². The fourth-order valence-corrected chi connectivity index (χ4v) is 1.46. The van der Waals surface area contributed by atoms with Crippen molar-refractivity contribution in [3.05, 3.63) is 21.0 Å². The van der Waals surface area contributed by atoms with Crippen LogP contribution in [0.1, 0.15) is 22.6 Å². The molecule has 0 atom stereocenters. The highest BCUT2D eigenvalue weighted by Crippen LogP contribution is 2.30. The summed E-state index contributed by atoms with van der Waals surface area (Å²) < 4.78 is 29.2. The number of methoxy groups -OCH3 is 1. The van der Waals surface area contributed by atoms with Gasteiger partial charge < -0.3 is 9.84 Å². The highest BCUT2D eigenvalue weighted by Gasteiger charge is 2.21. The second-order valence-corrected chi connectivity index (χ2v) is 3.68. The van der Waals surface area contributed by atoms with Crippen LogP contribution in [0.15, 0.2) is 6.07 Å². The number of rotatable bonds is 2. The van der Waals surface area contributed by atoms with E-state index < -0.39 is 23.8 Å². The standard InChI is InChI=1S/C8H6F2INO3/c1-15-8(14)4-2-3(11)6(13)5(12-4)7(9)10/h2,7,13H,1H3. The van der Waals surface area contributed by atoms with E-state index in [2.05, 4.69) is 9.72 Å². The summed E-state index contributed by atoms with van der Waals surface area (Å²) in [6.07, 6.45) is -2.94. The SMILES string of the molecule is COC(=O)c1cc(I)c(O)c(C(F)F)n1. The van der Waals surface area contributed by atoms with Crippen LogP contribution in [0, 0.1) is 3.57 Å². The van der Waals surface area contributed by atoms with Crippen molar-refractivity contribution in [1.29, 1.82) is 0 Å². The van der Waals surface area contributed by atoms with E-state index in [0.29, 0.717) is 0 Å². The predicted octanol–water partition coefficient (Wildman–Crippen LogP) is 2.12. The molecule has 4 nitrogen and oxygen atoms in total. The van der Waals surface area contributed by atoms with E-state index in [1.165, 1.54) is 6.07 Å². The molecule has 0 aliphatic rings. The Morgan fingerprint density at radius 2 is 2.27 bits per heavy atom. The van der Waals surface area contributed by atoms with Crippen molar-refractivity contribution in [3.63, 3.8) is 0 Å². The fraction of sp³-hybridized carbons (Fsp3) is 0.250. The van der Waals surface area contributed by atoms with Crippen molar-refractivity contribution in [2.24, 2.45) is 0 Å². The Labute approximate surface area is 97.4 Å². The predicted molar refractivity (Wildman–Crippen MR) is 54.9 cm³/mol. The van der Waals surface area contributed by atoms with E-state index >= 15 is 0 Å². The number of pyridine rings is 1. The summed E-state index contributed by atoms with van der Waals surface area (Å²) in [6, 6.07) is 1.17. The highest BCUT2D eigenvalue weighted by atomic mass is 127. The van der Waals surface area contributed by atoms with Gasteiger partial charge in [0.25, 0.3) is 6.43 Å². The molecule has 1 aromatic rings. The largest absolute Gasteiger partial charge is 0.505 e. The molecule has 0 aliphatic carbocycles. The van der Waals surface area contributed by atoms with Gasteiger partial charge in [-0.25, -0.2) is 18.6 Å². The molecule has 7 heteroatoms. The van der Waals surface area contributed by atoms with Gasteiger partial charge in [-0.15, -0.1) is 0 Å². The number of nitrogens with zero attached hydrogens (tertiary/aromatic N) is 1. The Kier molecular flexibility index (Phi) is 3.77. The Morgan fingerprint density at radius 1 is 1.67 bits per heavy atom. The van der Waals surface area contributed by atoms with Crippen LogP contribution < -0.4 is 0 Å².